The molecule has 0 aliphatic carbocycles. The van der Waals surface area contributed by atoms with E-state index in [1.807, 2.05) is 6.92 Å². The second-order valence-electron chi connectivity index (χ2n) is 10.2. The first-order valence-corrected chi connectivity index (χ1v) is 12.5. The van der Waals surface area contributed by atoms with Crippen molar-refractivity contribution in [3.63, 3.8) is 0 Å². The van der Waals surface area contributed by atoms with Crippen LogP contribution in [0.2, 0.25) is 0 Å². The van der Waals surface area contributed by atoms with Crippen molar-refractivity contribution in [3.05, 3.63) is 46.1 Å². The minimum atomic E-state index is -4.77. The van der Waals surface area contributed by atoms with Crippen LogP contribution in [0.4, 0.5) is 19.0 Å². The molecular weight excluding hydrogens is 509 g/mol. The third-order valence-electron chi connectivity index (χ3n) is 7.32. The summed E-state index contributed by atoms with van der Waals surface area (Å²) in [5.41, 5.74) is -0.159. The summed E-state index contributed by atoms with van der Waals surface area (Å²) in [6.45, 7) is 7.61. The molecule has 1 aromatic heterocycles. The molecule has 5 rings (SSSR count). The maximum atomic E-state index is 12.8. The number of amides is 1. The fraction of sp³-hybridized carbons (Fsp3) is 0.583. The Kier molecular flexibility index (Phi) is 6.94. The van der Waals surface area contributed by atoms with Gasteiger partial charge in [0.15, 0.2) is 0 Å². The fourth-order valence-corrected chi connectivity index (χ4v) is 5.55. The molecule has 1 unspecified atom stereocenters. The van der Waals surface area contributed by atoms with Crippen LogP contribution in [0.1, 0.15) is 30.1 Å². The third-order valence-corrected chi connectivity index (χ3v) is 7.32. The number of imidazole rings is 1. The van der Waals surface area contributed by atoms with E-state index >= 15 is 0 Å². The number of aromatic nitrogens is 2. The average Bonchev–Trinajstić information content (AvgIpc) is 3.39. The number of hydrogen-bond donors (Lipinski definition) is 0. The quantitative estimate of drug-likeness (QED) is 0.409. The largest absolute Gasteiger partial charge is 0.573 e. The van der Waals surface area contributed by atoms with Crippen LogP contribution in [-0.4, -0.2) is 98.9 Å². The van der Waals surface area contributed by atoms with Gasteiger partial charge in [0, 0.05) is 49.3 Å². The average molecular weight is 539 g/mol. The summed E-state index contributed by atoms with van der Waals surface area (Å²) < 4.78 is 48.6. The molecule has 2 fully saturated rings. The van der Waals surface area contributed by atoms with E-state index in [9.17, 15) is 28.1 Å². The van der Waals surface area contributed by atoms with Gasteiger partial charge in [-0.2, -0.15) is 0 Å². The monoisotopic (exact) mass is 538 g/mol. The number of hydrogen-bond acceptors (Lipinski definition) is 8. The molecule has 14 heteroatoms. The molecule has 38 heavy (non-hydrogen) atoms. The van der Waals surface area contributed by atoms with E-state index in [2.05, 4.69) is 19.5 Å². The van der Waals surface area contributed by atoms with Gasteiger partial charge in [-0.3, -0.25) is 19.2 Å². The first-order chi connectivity index (χ1) is 18.0. The first-order valence-electron chi connectivity index (χ1n) is 12.5. The predicted octanol–water partition coefficient (Wildman–Crippen LogP) is 2.76. The smallest absolute Gasteiger partial charge is 0.436 e. The van der Waals surface area contributed by atoms with Crippen molar-refractivity contribution >= 4 is 11.7 Å². The molecule has 0 saturated carbocycles. The van der Waals surface area contributed by atoms with Crippen molar-refractivity contribution in [3.8, 4) is 11.8 Å². The first kappa shape index (κ1) is 26.2. The molecule has 0 radical (unpaired) electrons. The van der Waals surface area contributed by atoms with Gasteiger partial charge >= 0.3 is 18.2 Å². The van der Waals surface area contributed by atoms with Crippen LogP contribution in [0.15, 0.2) is 30.5 Å². The maximum absolute atomic E-state index is 12.8. The highest BCUT2D eigenvalue weighted by Gasteiger charge is 2.42. The second kappa shape index (κ2) is 10.1. The summed E-state index contributed by atoms with van der Waals surface area (Å²) in [6, 6.07) is 5.71. The van der Waals surface area contributed by atoms with Crippen molar-refractivity contribution in [1.82, 2.24) is 24.3 Å². The van der Waals surface area contributed by atoms with Gasteiger partial charge in [-0.25, -0.2) is 0 Å². The van der Waals surface area contributed by atoms with E-state index in [1.165, 1.54) is 18.3 Å². The van der Waals surface area contributed by atoms with E-state index in [-0.39, 0.29) is 23.5 Å². The number of halogens is 3. The number of likely N-dealkylation sites (tertiary alicyclic amines) is 1. The Labute approximate surface area is 216 Å². The number of piperazine rings is 1. The van der Waals surface area contributed by atoms with Crippen LogP contribution in [0, 0.1) is 10.1 Å². The molecule has 3 aliphatic heterocycles. The molecule has 0 spiro atoms. The number of alkyl halides is 3. The van der Waals surface area contributed by atoms with Crippen LogP contribution < -0.4 is 9.47 Å². The van der Waals surface area contributed by atoms with Gasteiger partial charge < -0.3 is 24.5 Å². The lowest BCUT2D eigenvalue weighted by Gasteiger charge is -2.43. The highest BCUT2D eigenvalue weighted by atomic mass is 19.4. The Morgan fingerprint density at radius 3 is 2.39 bits per heavy atom. The third kappa shape index (κ3) is 5.85. The van der Waals surface area contributed by atoms with Gasteiger partial charge in [0.05, 0.1) is 6.54 Å². The van der Waals surface area contributed by atoms with E-state index in [0.717, 1.165) is 51.2 Å². The Morgan fingerprint density at radius 1 is 1.16 bits per heavy atom. The standard InChI is InChI=1S/C24H29F3N6O5/c1-23(16-32-14-20(33(35)36)28-22(32)38-23)15-29-8-6-18(7-9-29)30-10-12-31(13-11-30)21(34)17-2-4-19(5-3-17)37-24(25,26)27/h2-5,14,18H,6-13,15-16H2,1H3. The van der Waals surface area contributed by atoms with Crippen LogP contribution in [0.3, 0.4) is 0 Å². The maximum Gasteiger partial charge on any atom is 0.573 e. The van der Waals surface area contributed by atoms with E-state index < -0.39 is 16.9 Å². The predicted molar refractivity (Wildman–Crippen MR) is 128 cm³/mol. The Hall–Kier alpha value is -3.39. The number of nitro groups is 1. The van der Waals surface area contributed by atoms with Crippen molar-refractivity contribution in [2.75, 3.05) is 45.8 Å². The van der Waals surface area contributed by atoms with Gasteiger partial charge in [0.1, 0.15) is 17.5 Å². The highest BCUT2D eigenvalue weighted by Crippen LogP contribution is 2.32. The number of ether oxygens (including phenoxy) is 2. The van der Waals surface area contributed by atoms with Crippen molar-refractivity contribution < 1.29 is 32.4 Å². The summed E-state index contributed by atoms with van der Waals surface area (Å²) in [5, 5.41) is 10.9. The number of fused-ring (bicyclic) bond motifs is 1. The van der Waals surface area contributed by atoms with E-state index in [4.69, 9.17) is 4.74 Å². The second-order valence-corrected chi connectivity index (χ2v) is 10.2. The topological polar surface area (TPSA) is 106 Å². The van der Waals surface area contributed by atoms with Gasteiger partial charge in [-0.15, -0.1) is 13.2 Å². The van der Waals surface area contributed by atoms with Crippen LogP contribution >= 0.6 is 0 Å². The normalized spacial score (nSPS) is 23.2. The molecule has 0 N–H and O–H groups in total. The van der Waals surface area contributed by atoms with Crippen LogP contribution in [0.25, 0.3) is 0 Å². The number of piperidine rings is 1. The SMILES string of the molecule is CC1(CN2CCC(N3CCN(C(=O)c4ccc(OC(F)(F)F)cc4)CC3)CC2)Cn2cc([N+](=O)[O-])nc2O1. The summed E-state index contributed by atoms with van der Waals surface area (Å²) in [4.78, 5) is 33.6. The van der Waals surface area contributed by atoms with Crippen molar-refractivity contribution in [1.29, 1.82) is 0 Å². The molecule has 4 heterocycles. The molecule has 1 aromatic carbocycles. The van der Waals surface area contributed by atoms with Gasteiger partial charge in [-0.05, 0) is 62.0 Å². The van der Waals surface area contributed by atoms with E-state index in [0.29, 0.717) is 37.8 Å². The number of carbonyl (C=O) groups excluding carboxylic acids is 1. The van der Waals surface area contributed by atoms with Crippen LogP contribution in [0.5, 0.6) is 11.8 Å². The molecule has 1 atom stereocenters. The van der Waals surface area contributed by atoms with Gasteiger partial charge in [0.25, 0.3) is 5.91 Å². The molecule has 1 amide bonds. The lowest BCUT2D eigenvalue weighted by Crippen LogP contribution is -2.55. The van der Waals surface area contributed by atoms with Crippen LogP contribution in [-0.2, 0) is 6.54 Å². The Balaban J connectivity index is 1.06. The highest BCUT2D eigenvalue weighted by molar-refractivity contribution is 5.94. The number of carbonyl (C=O) groups is 1. The number of nitrogens with zero attached hydrogens (tertiary/aromatic N) is 6. The molecule has 3 aliphatic rings. The summed E-state index contributed by atoms with van der Waals surface area (Å²) in [5.74, 6) is -0.764. The zero-order valence-corrected chi connectivity index (χ0v) is 20.9. The van der Waals surface area contributed by atoms with Gasteiger partial charge in [-0.1, -0.05) is 0 Å². The fourth-order valence-electron chi connectivity index (χ4n) is 5.55. The molecule has 2 aromatic rings. The van der Waals surface area contributed by atoms with Crippen molar-refractivity contribution in [2.24, 2.45) is 0 Å². The van der Waals surface area contributed by atoms with Gasteiger partial charge in [0.2, 0.25) is 0 Å². The molecule has 11 nitrogen and oxygen atoms in total. The number of benzene rings is 1. The minimum absolute atomic E-state index is 0.201. The molecule has 206 valence electrons. The summed E-state index contributed by atoms with van der Waals surface area (Å²) in [6.07, 6.45) is -1.38. The molecular formula is C24H29F3N6O5. The number of rotatable bonds is 6. The molecule has 2 saturated heterocycles. The zero-order chi connectivity index (χ0) is 27.1. The molecule has 0 bridgehead atoms. The van der Waals surface area contributed by atoms with E-state index in [1.54, 1.807) is 9.47 Å². The minimum Gasteiger partial charge on any atom is -0.436 e. The summed E-state index contributed by atoms with van der Waals surface area (Å²) >= 11 is 0. The zero-order valence-electron chi connectivity index (χ0n) is 20.9. The lowest BCUT2D eigenvalue weighted by molar-refractivity contribution is -0.389. The Bertz CT molecular complexity index is 1150. The van der Waals surface area contributed by atoms with Crippen molar-refractivity contribution in [2.45, 2.75) is 44.3 Å². The lowest BCUT2D eigenvalue weighted by atomic mass is 9.99. The summed E-state index contributed by atoms with van der Waals surface area (Å²) in [7, 11) is 0. The Morgan fingerprint density at radius 2 is 1.82 bits per heavy atom.